The highest BCUT2D eigenvalue weighted by Crippen LogP contribution is 2.68. The van der Waals surface area contributed by atoms with E-state index in [1.54, 1.807) is 0 Å². The van der Waals surface area contributed by atoms with E-state index in [-0.39, 0.29) is 34.0 Å². The highest BCUT2D eigenvalue weighted by atomic mass is 31.3. The second kappa shape index (κ2) is 14.8. The van der Waals surface area contributed by atoms with Crippen molar-refractivity contribution in [1.82, 2.24) is 39.0 Å². The lowest BCUT2D eigenvalue weighted by atomic mass is 10.1. The normalized spacial score (nSPS) is 30.7. The Kier molecular flexibility index (Phi) is 11.1. The molecular formula is C20H28N10O18P4. The third-order valence-electron chi connectivity index (χ3n) is 7.35. The van der Waals surface area contributed by atoms with E-state index in [0.29, 0.717) is 0 Å². The van der Waals surface area contributed by atoms with Gasteiger partial charge in [0.2, 0.25) is 0 Å². The molecule has 0 bridgehead atoms. The molecule has 0 spiro atoms. The molecule has 0 aromatic carbocycles. The molecule has 2 fully saturated rings. The zero-order chi connectivity index (χ0) is 37.7. The van der Waals surface area contributed by atoms with E-state index >= 15 is 0 Å². The third-order valence-corrected chi connectivity index (χ3v) is 12.7. The van der Waals surface area contributed by atoms with Gasteiger partial charge in [-0.15, -0.1) is 0 Å². The summed E-state index contributed by atoms with van der Waals surface area (Å²) in [5.41, 5.74) is 12.0. The zero-order valence-corrected chi connectivity index (χ0v) is 29.1. The van der Waals surface area contributed by atoms with Crippen LogP contribution in [0.4, 0.5) is 11.6 Å². The van der Waals surface area contributed by atoms with Crippen LogP contribution < -0.4 is 11.5 Å². The van der Waals surface area contributed by atoms with E-state index in [9.17, 15) is 53.7 Å². The maximum Gasteiger partial charge on any atom is 0.488 e. The molecule has 6 rings (SSSR count). The van der Waals surface area contributed by atoms with Crippen molar-refractivity contribution in [2.75, 3.05) is 24.7 Å². The molecule has 286 valence electrons. The smallest absolute Gasteiger partial charge is 0.387 e. The van der Waals surface area contributed by atoms with E-state index in [4.69, 9.17) is 20.9 Å². The van der Waals surface area contributed by atoms with Crippen LogP contribution in [0.15, 0.2) is 25.3 Å². The van der Waals surface area contributed by atoms with E-state index in [1.165, 1.54) is 21.8 Å². The van der Waals surface area contributed by atoms with Crippen molar-refractivity contribution in [3.05, 3.63) is 25.3 Å². The molecule has 2 saturated heterocycles. The minimum atomic E-state index is -5.84. The van der Waals surface area contributed by atoms with Crippen LogP contribution in [-0.4, -0.2) is 129 Å². The topological polar surface area (TPSA) is 417 Å². The lowest BCUT2D eigenvalue weighted by molar-refractivity contribution is -0.0504. The quantitative estimate of drug-likeness (QED) is 0.0596. The van der Waals surface area contributed by atoms with Crippen LogP contribution in [0.1, 0.15) is 12.5 Å². The molecule has 6 heterocycles. The number of nitrogens with two attached hydrogens (primary N) is 2. The summed E-state index contributed by atoms with van der Waals surface area (Å²) in [6, 6.07) is 0. The first-order valence-corrected chi connectivity index (χ1v) is 19.7. The number of hydrogen-bond acceptors (Lipinski definition) is 23. The number of rotatable bonds is 14. The summed E-state index contributed by atoms with van der Waals surface area (Å²) < 4.78 is 72.2. The molecule has 4 aromatic rings. The molecule has 0 amide bonds. The van der Waals surface area contributed by atoms with Crippen molar-refractivity contribution in [3.63, 3.8) is 0 Å². The van der Waals surface area contributed by atoms with Gasteiger partial charge < -0.3 is 60.9 Å². The van der Waals surface area contributed by atoms with Gasteiger partial charge in [0.25, 0.3) is 0 Å². The van der Waals surface area contributed by atoms with Crippen molar-refractivity contribution in [2.45, 2.75) is 49.1 Å². The average Bonchev–Trinajstić information content (AvgIpc) is 3.80. The largest absolute Gasteiger partial charge is 0.488 e. The Balaban J connectivity index is 0.987. The monoisotopic (exact) mass is 820 g/mol. The second-order valence-electron chi connectivity index (χ2n) is 10.7. The van der Waals surface area contributed by atoms with Gasteiger partial charge in [0.05, 0.1) is 25.9 Å². The number of ether oxygens (including phenoxy) is 2. The van der Waals surface area contributed by atoms with Crippen LogP contribution in [-0.2, 0) is 45.1 Å². The Labute approximate surface area is 289 Å². The second-order valence-corrected chi connectivity index (χ2v) is 16.5. The molecule has 28 nitrogen and oxygen atoms in total. The highest BCUT2D eigenvalue weighted by Gasteiger charge is 2.48. The van der Waals surface area contributed by atoms with Gasteiger partial charge in [0.1, 0.15) is 60.3 Å². The average molecular weight is 820 g/mol. The van der Waals surface area contributed by atoms with E-state index in [2.05, 4.69) is 51.9 Å². The number of aromatic nitrogens is 8. The maximum atomic E-state index is 12.4. The van der Waals surface area contributed by atoms with Gasteiger partial charge in [0, 0.05) is 0 Å². The van der Waals surface area contributed by atoms with Crippen molar-refractivity contribution in [2.24, 2.45) is 0 Å². The molecule has 0 aliphatic carbocycles. The minimum Gasteiger partial charge on any atom is -0.387 e. The third kappa shape index (κ3) is 8.15. The maximum absolute atomic E-state index is 12.4. The number of anilines is 2. The summed E-state index contributed by atoms with van der Waals surface area (Å²) in [6.07, 6.45) is -7.93. The molecule has 52 heavy (non-hydrogen) atoms. The predicted molar refractivity (Wildman–Crippen MR) is 165 cm³/mol. The molecule has 12 atom stereocenters. The van der Waals surface area contributed by atoms with Crippen molar-refractivity contribution in [1.29, 1.82) is 0 Å². The number of fused-ring (bicyclic) bond motifs is 2. The fourth-order valence-corrected chi connectivity index (χ4v) is 9.30. The zero-order valence-electron chi connectivity index (χ0n) is 25.5. The molecule has 4 aromatic heterocycles. The fraction of sp³-hybridized carbons (Fsp3) is 0.500. The van der Waals surface area contributed by atoms with Crippen LogP contribution in [0.25, 0.3) is 22.3 Å². The molecule has 32 heteroatoms. The van der Waals surface area contributed by atoms with Gasteiger partial charge in [-0.05, 0) is 0 Å². The first-order chi connectivity index (χ1) is 24.4. The van der Waals surface area contributed by atoms with Crippen LogP contribution in [0, 0.1) is 0 Å². The number of nitrogens with zero attached hydrogens (tertiary/aromatic N) is 8. The number of hydrogen-bond donors (Lipinski definition) is 10. The number of phosphoric acid groups is 3. The van der Waals surface area contributed by atoms with Gasteiger partial charge in [-0.2, -0.15) is 4.31 Å². The molecule has 2 aliphatic rings. The molecule has 0 saturated carbocycles. The first-order valence-electron chi connectivity index (χ1n) is 14.1. The van der Waals surface area contributed by atoms with E-state index in [0.717, 1.165) is 12.7 Å². The van der Waals surface area contributed by atoms with Gasteiger partial charge in [-0.3, -0.25) is 18.2 Å². The molecular weight excluding hydrogens is 792 g/mol. The number of nitrogen functional groups attached to an aromatic ring is 2. The number of imidazole rings is 2. The fourth-order valence-electron chi connectivity index (χ4n) is 5.03. The van der Waals surface area contributed by atoms with Crippen molar-refractivity contribution >= 4 is 66.0 Å². The Bertz CT molecular complexity index is 2080. The summed E-state index contributed by atoms with van der Waals surface area (Å²) in [7, 11) is -20.7. The lowest BCUT2D eigenvalue weighted by Gasteiger charge is -2.21. The number of aliphatic hydroxyl groups is 4. The molecule has 0 radical (unpaired) electrons. The lowest BCUT2D eigenvalue weighted by Crippen LogP contribution is -2.33. The SMILES string of the molecule is Nc1ncnc2c1ncn2[C@@H]1O[C@H](COP(=O)(O)OP(O)OP(=O)(O)OP(=O)(O)OC[C@H]2O[C@@H](n3cnc4c(N)ncnc43)[C@H](O)[C@@H]2O)[C@@H](O)[C@H]1O. The van der Waals surface area contributed by atoms with Gasteiger partial charge in [-0.25, -0.2) is 52.2 Å². The Morgan fingerprint density at radius 1 is 0.673 bits per heavy atom. The van der Waals surface area contributed by atoms with E-state index in [1.807, 2.05) is 0 Å². The Hall–Kier alpha value is -2.78. The summed E-state index contributed by atoms with van der Waals surface area (Å²) in [5, 5.41) is 41.8. The van der Waals surface area contributed by atoms with Gasteiger partial charge in [-0.1, -0.05) is 0 Å². The van der Waals surface area contributed by atoms with Crippen LogP contribution >= 0.6 is 32.1 Å². The highest BCUT2D eigenvalue weighted by molar-refractivity contribution is 7.67. The predicted octanol–water partition coefficient (Wildman–Crippen LogP) is -2.33. The number of phosphoric ester groups is 2. The van der Waals surface area contributed by atoms with Crippen LogP contribution in [0.3, 0.4) is 0 Å². The van der Waals surface area contributed by atoms with Gasteiger partial charge >= 0.3 is 32.1 Å². The van der Waals surface area contributed by atoms with Crippen molar-refractivity contribution in [3.8, 4) is 0 Å². The Morgan fingerprint density at radius 2 is 1.10 bits per heavy atom. The Morgan fingerprint density at radius 3 is 1.56 bits per heavy atom. The van der Waals surface area contributed by atoms with Gasteiger partial charge in [0.15, 0.2) is 35.4 Å². The minimum absolute atomic E-state index is 0.00812. The van der Waals surface area contributed by atoms with E-state index < -0.39 is 94.4 Å². The summed E-state index contributed by atoms with van der Waals surface area (Å²) >= 11 is 0. The van der Waals surface area contributed by atoms with Crippen LogP contribution in [0.2, 0.25) is 0 Å². The number of aliphatic hydroxyl groups excluding tert-OH is 4. The first kappa shape index (κ1) is 38.9. The summed E-state index contributed by atoms with van der Waals surface area (Å²) in [5.74, 6) is 0.0236. The summed E-state index contributed by atoms with van der Waals surface area (Å²) in [4.78, 5) is 63.3. The van der Waals surface area contributed by atoms with Crippen LogP contribution in [0.5, 0.6) is 0 Å². The standard InChI is InChI=1S/C20H28N10O18P4/c21-15-9-17(25-3-23-15)29(5-27-9)19-13(33)11(31)7(44-19)1-42-50(36,37)46-49(35)47-52(40,41)48-51(38,39)43-2-8-12(32)14(34)20(45-8)30-6-28-10-16(22)24-4-26-18(10)30/h3-8,11-14,19-20,31-35H,1-2H2,(H,36,37)(H,38,39)(H,40,41)(H2,21,23,25)(H2,22,24,26)/t7-,8-,11-,12-,13-,14-,19-,20-,49?/m1/s1. The van der Waals surface area contributed by atoms with Crippen molar-refractivity contribution < 1.29 is 85.1 Å². The molecule has 2 aliphatic heterocycles. The molecule has 4 unspecified atom stereocenters. The summed E-state index contributed by atoms with van der Waals surface area (Å²) in [6.45, 7) is -1.99. The molecule has 12 N–H and O–H groups in total.